The number of allylic oxidation sites excluding steroid dienone is 2. The molecule has 5 heteroatoms. The van der Waals surface area contributed by atoms with Crippen LogP contribution in [0.25, 0.3) is 5.69 Å². The molecule has 128 valence electrons. The first-order valence-electron chi connectivity index (χ1n) is 8.67. The number of imide groups is 1. The number of hydrogen-bond donors (Lipinski definition) is 0. The van der Waals surface area contributed by atoms with E-state index in [9.17, 15) is 9.59 Å². The molecule has 2 amide bonds. The summed E-state index contributed by atoms with van der Waals surface area (Å²) in [5, 5.41) is 0. The highest BCUT2D eigenvalue weighted by atomic mass is 16.2. The molecule has 1 aromatic carbocycles. The highest BCUT2D eigenvalue weighted by Gasteiger charge is 2.49. The van der Waals surface area contributed by atoms with Crippen LogP contribution in [0.3, 0.4) is 0 Å². The third kappa shape index (κ3) is 2.60. The van der Waals surface area contributed by atoms with Crippen molar-refractivity contribution in [1.29, 1.82) is 0 Å². The predicted octanol–water partition coefficient (Wildman–Crippen LogP) is 3.27. The van der Waals surface area contributed by atoms with Gasteiger partial charge < -0.3 is 4.57 Å². The van der Waals surface area contributed by atoms with Crippen LogP contribution in [0.4, 0.5) is 0 Å². The van der Waals surface area contributed by atoms with E-state index in [-0.39, 0.29) is 29.7 Å². The van der Waals surface area contributed by atoms with E-state index >= 15 is 0 Å². The lowest BCUT2D eigenvalue weighted by Crippen LogP contribution is -2.33. The van der Waals surface area contributed by atoms with E-state index in [0.29, 0.717) is 12.8 Å². The highest BCUT2D eigenvalue weighted by molar-refractivity contribution is 6.05. The van der Waals surface area contributed by atoms with Crippen LogP contribution in [-0.4, -0.2) is 26.3 Å². The number of fused-ring (bicyclic) bond motifs is 1. The number of benzene rings is 1. The van der Waals surface area contributed by atoms with Gasteiger partial charge in [-0.15, -0.1) is 0 Å². The van der Waals surface area contributed by atoms with Gasteiger partial charge in [0.1, 0.15) is 0 Å². The minimum Gasteiger partial charge on any atom is -0.306 e. The summed E-state index contributed by atoms with van der Waals surface area (Å²) in [5.41, 5.74) is 3.18. The number of amides is 2. The molecule has 1 aliphatic carbocycles. The lowest BCUT2D eigenvalue weighted by atomic mass is 9.82. The van der Waals surface area contributed by atoms with Crippen LogP contribution in [0.1, 0.15) is 38.3 Å². The fourth-order valence-electron chi connectivity index (χ4n) is 3.93. The van der Waals surface area contributed by atoms with Crippen LogP contribution in [0.2, 0.25) is 0 Å². The molecule has 1 aromatic heterocycles. The van der Waals surface area contributed by atoms with Crippen LogP contribution in [0.15, 0.2) is 54.6 Å². The van der Waals surface area contributed by atoms with Crippen LogP contribution in [0, 0.1) is 11.8 Å². The Labute approximate surface area is 147 Å². The third-order valence-corrected chi connectivity index (χ3v) is 5.42. The largest absolute Gasteiger partial charge is 0.306 e. The van der Waals surface area contributed by atoms with Crippen molar-refractivity contribution in [2.45, 2.75) is 32.7 Å². The Kier molecular flexibility index (Phi) is 3.79. The van der Waals surface area contributed by atoms with E-state index in [1.54, 1.807) is 12.5 Å². The van der Waals surface area contributed by atoms with Gasteiger partial charge in [0.05, 0.1) is 24.2 Å². The second kappa shape index (κ2) is 5.99. The fourth-order valence-corrected chi connectivity index (χ4v) is 3.93. The molecule has 0 radical (unpaired) electrons. The highest BCUT2D eigenvalue weighted by Crippen LogP contribution is 2.41. The molecule has 1 aliphatic heterocycles. The first kappa shape index (κ1) is 15.8. The lowest BCUT2D eigenvalue weighted by molar-refractivity contribution is -0.142. The maximum absolute atomic E-state index is 12.8. The summed E-state index contributed by atoms with van der Waals surface area (Å²) in [6.07, 6.45) is 8.84. The second-order valence-electron chi connectivity index (χ2n) is 6.99. The van der Waals surface area contributed by atoms with Gasteiger partial charge in [0, 0.05) is 18.1 Å². The SMILES string of the molecule is CC1=CC[C@@H]2C(=O)N([C@H](C)c3ccc(-n4ccnc4)cc3)C(=O)[C@@H]2C1. The Bertz CT molecular complexity index is 836. The molecule has 4 rings (SSSR count). The lowest BCUT2D eigenvalue weighted by Gasteiger charge is -2.24. The van der Waals surface area contributed by atoms with E-state index < -0.39 is 0 Å². The van der Waals surface area contributed by atoms with Gasteiger partial charge in [0.25, 0.3) is 0 Å². The standard InChI is InChI=1S/C20H21N3O2/c1-13-3-8-17-18(11-13)20(25)23(19(17)24)14(2)15-4-6-16(7-5-15)22-10-9-21-12-22/h3-7,9-10,12,14,17-18H,8,11H2,1-2H3/t14-,17+,18-/m1/s1. The Morgan fingerprint density at radius 2 is 1.84 bits per heavy atom. The maximum Gasteiger partial charge on any atom is 0.233 e. The summed E-state index contributed by atoms with van der Waals surface area (Å²) in [6.45, 7) is 3.97. The number of rotatable bonds is 3. The Morgan fingerprint density at radius 3 is 2.52 bits per heavy atom. The van der Waals surface area contributed by atoms with Gasteiger partial charge in [-0.05, 0) is 44.4 Å². The molecule has 25 heavy (non-hydrogen) atoms. The van der Waals surface area contributed by atoms with Gasteiger partial charge in [-0.25, -0.2) is 4.98 Å². The number of likely N-dealkylation sites (tertiary alicyclic amines) is 1. The molecular weight excluding hydrogens is 314 g/mol. The third-order valence-electron chi connectivity index (χ3n) is 5.42. The number of nitrogens with zero attached hydrogens (tertiary/aromatic N) is 3. The predicted molar refractivity (Wildman–Crippen MR) is 93.8 cm³/mol. The number of carbonyl (C=O) groups excluding carboxylic acids is 2. The molecule has 2 aromatic rings. The van der Waals surface area contributed by atoms with Gasteiger partial charge >= 0.3 is 0 Å². The van der Waals surface area contributed by atoms with Gasteiger partial charge in [-0.3, -0.25) is 14.5 Å². The number of hydrogen-bond acceptors (Lipinski definition) is 3. The van der Waals surface area contributed by atoms with Crippen molar-refractivity contribution in [3.05, 3.63) is 60.2 Å². The molecule has 0 unspecified atom stereocenters. The van der Waals surface area contributed by atoms with Crippen LogP contribution >= 0.6 is 0 Å². The van der Waals surface area contributed by atoms with Crippen LogP contribution in [0.5, 0.6) is 0 Å². The molecule has 0 bridgehead atoms. The molecule has 3 atom stereocenters. The van der Waals surface area contributed by atoms with Crippen molar-refractivity contribution in [2.75, 3.05) is 0 Å². The Balaban J connectivity index is 1.58. The van der Waals surface area contributed by atoms with Gasteiger partial charge in [-0.2, -0.15) is 0 Å². The van der Waals surface area contributed by atoms with E-state index in [0.717, 1.165) is 11.3 Å². The number of carbonyl (C=O) groups is 2. The zero-order valence-corrected chi connectivity index (χ0v) is 14.4. The number of aromatic nitrogens is 2. The Hall–Kier alpha value is -2.69. The zero-order valence-electron chi connectivity index (χ0n) is 14.4. The van der Waals surface area contributed by atoms with Gasteiger partial charge in [0.15, 0.2) is 0 Å². The normalized spacial score (nSPS) is 24.2. The molecule has 5 nitrogen and oxygen atoms in total. The summed E-state index contributed by atoms with van der Waals surface area (Å²) in [4.78, 5) is 31.1. The van der Waals surface area contributed by atoms with E-state index in [1.807, 2.05) is 48.9 Å². The van der Waals surface area contributed by atoms with Crippen LogP contribution in [-0.2, 0) is 9.59 Å². The average Bonchev–Trinajstić information content (AvgIpc) is 3.23. The van der Waals surface area contributed by atoms with E-state index in [2.05, 4.69) is 11.1 Å². The van der Waals surface area contributed by atoms with Crippen molar-refractivity contribution in [3.8, 4) is 5.69 Å². The summed E-state index contributed by atoms with van der Waals surface area (Å²) in [6, 6.07) is 7.68. The summed E-state index contributed by atoms with van der Waals surface area (Å²) >= 11 is 0. The van der Waals surface area contributed by atoms with Crippen molar-refractivity contribution >= 4 is 11.8 Å². The van der Waals surface area contributed by atoms with Gasteiger partial charge in [0.2, 0.25) is 11.8 Å². The summed E-state index contributed by atoms with van der Waals surface area (Å²) in [7, 11) is 0. The van der Waals surface area contributed by atoms with Crippen molar-refractivity contribution in [1.82, 2.24) is 14.5 Å². The number of imidazole rings is 1. The molecule has 0 spiro atoms. The topological polar surface area (TPSA) is 55.2 Å². The molecule has 0 saturated carbocycles. The summed E-state index contributed by atoms with van der Waals surface area (Å²) in [5.74, 6) is -0.396. The average molecular weight is 335 g/mol. The van der Waals surface area contributed by atoms with Crippen molar-refractivity contribution in [2.24, 2.45) is 11.8 Å². The first-order chi connectivity index (χ1) is 12.1. The van der Waals surface area contributed by atoms with E-state index in [1.165, 1.54) is 10.5 Å². The molecule has 0 N–H and O–H groups in total. The zero-order chi connectivity index (χ0) is 17.6. The smallest absolute Gasteiger partial charge is 0.233 e. The monoisotopic (exact) mass is 335 g/mol. The minimum atomic E-state index is -0.247. The van der Waals surface area contributed by atoms with Crippen molar-refractivity contribution in [3.63, 3.8) is 0 Å². The fraction of sp³-hybridized carbons (Fsp3) is 0.350. The van der Waals surface area contributed by atoms with E-state index in [4.69, 9.17) is 0 Å². The molecule has 1 fully saturated rings. The molecule has 1 saturated heterocycles. The van der Waals surface area contributed by atoms with Crippen LogP contribution < -0.4 is 0 Å². The van der Waals surface area contributed by atoms with Gasteiger partial charge in [-0.1, -0.05) is 23.8 Å². The molecular formula is C20H21N3O2. The molecule has 2 aliphatic rings. The Morgan fingerprint density at radius 1 is 1.12 bits per heavy atom. The van der Waals surface area contributed by atoms with Crippen molar-refractivity contribution < 1.29 is 9.59 Å². The maximum atomic E-state index is 12.8. The summed E-state index contributed by atoms with van der Waals surface area (Å²) < 4.78 is 1.92. The quantitative estimate of drug-likeness (QED) is 0.639. The molecule has 2 heterocycles. The first-order valence-corrected chi connectivity index (χ1v) is 8.67. The second-order valence-corrected chi connectivity index (χ2v) is 6.99. The minimum absolute atomic E-state index is 0.0198.